The Morgan fingerprint density at radius 2 is 1.25 bits per heavy atom. The molecule has 0 fully saturated rings. The summed E-state index contributed by atoms with van der Waals surface area (Å²) in [6.07, 6.45) is 10.3. The Morgan fingerprint density at radius 3 is 1.75 bits per heavy atom. The first-order valence-electron chi connectivity index (χ1n) is 2.37. The van der Waals surface area contributed by atoms with E-state index < -0.39 is 0 Å². The van der Waals surface area contributed by atoms with Crippen LogP contribution in [0.1, 0.15) is 0 Å². The number of hydrogen-bond donors (Lipinski definition) is 0. The third-order valence-electron chi connectivity index (χ3n) is 0.689. The summed E-state index contributed by atoms with van der Waals surface area (Å²) in [7, 11) is 0. The second-order valence-electron chi connectivity index (χ2n) is 1.28. The molecule has 0 N–H and O–H groups in total. The van der Waals surface area contributed by atoms with Gasteiger partial charge in [-0.05, 0) is 12.2 Å². The highest BCUT2D eigenvalue weighted by atomic mass is 14.7. The first-order chi connectivity index (χ1) is 4.00. The van der Waals surface area contributed by atoms with Gasteiger partial charge in [0.2, 0.25) is 0 Å². The molecule has 8 heavy (non-hydrogen) atoms. The molecule has 0 spiro atoms. The number of allylic oxidation sites excluding steroid dienone is 2. The molecule has 2 heteroatoms. The topological polar surface area (TPSA) is 24.7 Å². The predicted molar refractivity (Wildman–Crippen MR) is 35.3 cm³/mol. The van der Waals surface area contributed by atoms with Crippen LogP contribution < -0.4 is 0 Å². The standard InChI is InChI=1S/C6H6N2/c1-3-7-5-2-6-8-4-1/h1-6H/b3-1-,4-1?,5-2?,6-2?,7-3?,7-5?,8-4?,8-6?. The van der Waals surface area contributed by atoms with Crippen molar-refractivity contribution >= 4 is 12.4 Å². The highest BCUT2D eigenvalue weighted by molar-refractivity contribution is 5.77. The Labute approximate surface area is 48.0 Å². The molecule has 1 heterocycles. The van der Waals surface area contributed by atoms with Crippen LogP contribution in [0.2, 0.25) is 0 Å². The van der Waals surface area contributed by atoms with Crippen LogP contribution in [0.4, 0.5) is 0 Å². The molecule has 2 nitrogen and oxygen atoms in total. The first-order valence-corrected chi connectivity index (χ1v) is 2.37. The molecule has 0 bridgehead atoms. The molecule has 0 aliphatic carbocycles. The summed E-state index contributed by atoms with van der Waals surface area (Å²) in [5.41, 5.74) is 0. The number of aliphatic imine (C=N–C) groups is 2. The van der Waals surface area contributed by atoms with E-state index in [1.54, 1.807) is 37.0 Å². The molecule has 0 unspecified atom stereocenters. The van der Waals surface area contributed by atoms with E-state index in [0.29, 0.717) is 0 Å². The van der Waals surface area contributed by atoms with Crippen LogP contribution in [0.3, 0.4) is 0 Å². The Hall–Kier alpha value is -1.18. The Bertz CT molecular complexity index is 107. The SMILES string of the molecule is C1=CN=C/C=C\N=C1. The zero-order valence-electron chi connectivity index (χ0n) is 4.36. The van der Waals surface area contributed by atoms with Gasteiger partial charge in [-0.3, -0.25) is 9.98 Å². The molecule has 1 aliphatic rings. The fourth-order valence-electron chi connectivity index (χ4n) is 0.375. The molecular weight excluding hydrogens is 100 g/mol. The second-order valence-corrected chi connectivity index (χ2v) is 1.28. The fraction of sp³-hybridized carbons (Fsp3) is 0. The third-order valence-corrected chi connectivity index (χ3v) is 0.689. The van der Waals surface area contributed by atoms with Crippen LogP contribution >= 0.6 is 0 Å². The van der Waals surface area contributed by atoms with Crippen molar-refractivity contribution < 1.29 is 0 Å². The molecule has 0 amide bonds. The molecule has 1 rings (SSSR count). The van der Waals surface area contributed by atoms with Crippen LogP contribution in [0, 0.1) is 0 Å². The summed E-state index contributed by atoms with van der Waals surface area (Å²) < 4.78 is 0. The summed E-state index contributed by atoms with van der Waals surface area (Å²) in [5.74, 6) is 0. The summed E-state index contributed by atoms with van der Waals surface area (Å²) in [6.45, 7) is 0. The van der Waals surface area contributed by atoms with E-state index in [9.17, 15) is 0 Å². The highest BCUT2D eigenvalue weighted by Crippen LogP contribution is 1.78. The Kier molecular flexibility index (Phi) is 1.80. The normalized spacial score (nSPS) is 20.0. The summed E-state index contributed by atoms with van der Waals surface area (Å²) in [6, 6.07) is 0. The molecule has 0 saturated heterocycles. The van der Waals surface area contributed by atoms with E-state index in [4.69, 9.17) is 0 Å². The van der Waals surface area contributed by atoms with Crippen LogP contribution in [0.25, 0.3) is 0 Å². The van der Waals surface area contributed by atoms with Crippen molar-refractivity contribution in [2.24, 2.45) is 9.98 Å². The average Bonchev–Trinajstić information content (AvgIpc) is 1.62. The van der Waals surface area contributed by atoms with Gasteiger partial charge in [0.1, 0.15) is 0 Å². The molecule has 0 saturated carbocycles. The van der Waals surface area contributed by atoms with E-state index in [2.05, 4.69) is 9.98 Å². The first kappa shape index (κ1) is 4.97. The molecular formula is C6H6N2. The maximum atomic E-state index is 3.85. The maximum absolute atomic E-state index is 3.85. The van der Waals surface area contributed by atoms with Gasteiger partial charge in [0, 0.05) is 24.8 Å². The van der Waals surface area contributed by atoms with Crippen molar-refractivity contribution in [1.29, 1.82) is 0 Å². The Morgan fingerprint density at radius 1 is 0.750 bits per heavy atom. The van der Waals surface area contributed by atoms with Crippen molar-refractivity contribution in [3.8, 4) is 0 Å². The van der Waals surface area contributed by atoms with Gasteiger partial charge in [-0.25, -0.2) is 0 Å². The number of rotatable bonds is 0. The van der Waals surface area contributed by atoms with Crippen LogP contribution in [-0.4, -0.2) is 12.4 Å². The van der Waals surface area contributed by atoms with Crippen molar-refractivity contribution in [3.63, 3.8) is 0 Å². The zero-order chi connectivity index (χ0) is 5.66. The van der Waals surface area contributed by atoms with Gasteiger partial charge in [-0.2, -0.15) is 0 Å². The van der Waals surface area contributed by atoms with Crippen molar-refractivity contribution in [2.75, 3.05) is 0 Å². The molecule has 0 radical (unpaired) electrons. The van der Waals surface area contributed by atoms with E-state index >= 15 is 0 Å². The zero-order valence-corrected chi connectivity index (χ0v) is 4.36. The minimum atomic E-state index is 1.69. The van der Waals surface area contributed by atoms with Gasteiger partial charge in [0.15, 0.2) is 0 Å². The van der Waals surface area contributed by atoms with Crippen molar-refractivity contribution in [3.05, 3.63) is 24.6 Å². The lowest BCUT2D eigenvalue weighted by atomic mass is 10.6. The summed E-state index contributed by atoms with van der Waals surface area (Å²) >= 11 is 0. The lowest BCUT2D eigenvalue weighted by Gasteiger charge is -1.77. The predicted octanol–water partition coefficient (Wildman–Crippen LogP) is 1.17. The number of nitrogens with zero attached hydrogens (tertiary/aromatic N) is 2. The second kappa shape index (κ2) is 2.91. The lowest BCUT2D eigenvalue weighted by Crippen LogP contribution is -1.67. The van der Waals surface area contributed by atoms with E-state index in [0.717, 1.165) is 0 Å². The minimum Gasteiger partial charge on any atom is -0.265 e. The average molecular weight is 106 g/mol. The summed E-state index contributed by atoms with van der Waals surface area (Å²) in [4.78, 5) is 7.69. The monoisotopic (exact) mass is 106 g/mol. The minimum absolute atomic E-state index is 1.69. The summed E-state index contributed by atoms with van der Waals surface area (Å²) in [5, 5.41) is 0. The van der Waals surface area contributed by atoms with Gasteiger partial charge in [-0.15, -0.1) is 0 Å². The van der Waals surface area contributed by atoms with Gasteiger partial charge >= 0.3 is 0 Å². The molecule has 1 aliphatic heterocycles. The van der Waals surface area contributed by atoms with Gasteiger partial charge < -0.3 is 0 Å². The van der Waals surface area contributed by atoms with Gasteiger partial charge in [0.05, 0.1) is 0 Å². The Balaban J connectivity index is 2.67. The van der Waals surface area contributed by atoms with Crippen LogP contribution in [-0.2, 0) is 0 Å². The molecule has 0 aromatic rings. The smallest absolute Gasteiger partial charge is 0.0283 e. The fourth-order valence-corrected chi connectivity index (χ4v) is 0.375. The highest BCUT2D eigenvalue weighted by Gasteiger charge is 1.66. The third kappa shape index (κ3) is 1.51. The number of hydrogen-bond acceptors (Lipinski definition) is 2. The van der Waals surface area contributed by atoms with E-state index in [1.807, 2.05) is 0 Å². The quantitative estimate of drug-likeness (QED) is 0.443. The molecule has 40 valence electrons. The van der Waals surface area contributed by atoms with Crippen LogP contribution in [0.15, 0.2) is 34.5 Å². The maximum Gasteiger partial charge on any atom is 0.0283 e. The van der Waals surface area contributed by atoms with E-state index in [-0.39, 0.29) is 0 Å². The van der Waals surface area contributed by atoms with E-state index in [1.165, 1.54) is 0 Å². The molecule has 0 aromatic carbocycles. The molecule has 0 atom stereocenters. The van der Waals surface area contributed by atoms with Crippen molar-refractivity contribution in [2.45, 2.75) is 0 Å². The van der Waals surface area contributed by atoms with Gasteiger partial charge in [0.25, 0.3) is 0 Å². The lowest BCUT2D eigenvalue weighted by molar-refractivity contribution is 1.55. The molecule has 0 aromatic heterocycles. The van der Waals surface area contributed by atoms with Gasteiger partial charge in [-0.1, -0.05) is 0 Å². The largest absolute Gasteiger partial charge is 0.265 e. The van der Waals surface area contributed by atoms with Crippen molar-refractivity contribution in [1.82, 2.24) is 0 Å². The van der Waals surface area contributed by atoms with Crippen LogP contribution in [0.5, 0.6) is 0 Å².